The van der Waals surface area contributed by atoms with Crippen LogP contribution < -0.4 is 0 Å². The van der Waals surface area contributed by atoms with E-state index < -0.39 is 0 Å². The molecule has 1 aromatic carbocycles. The molecule has 0 saturated carbocycles. The quantitative estimate of drug-likeness (QED) is 0.540. The minimum atomic E-state index is 0.110. The molecule has 15 heavy (non-hydrogen) atoms. The van der Waals surface area contributed by atoms with E-state index in [9.17, 15) is 4.79 Å². The zero-order valence-electron chi connectivity index (χ0n) is 8.58. The number of benzene rings is 1. The van der Waals surface area contributed by atoms with Gasteiger partial charge in [-0.15, -0.1) is 0 Å². The number of nitrogens with zero attached hydrogens (tertiary/aromatic N) is 1. The van der Waals surface area contributed by atoms with Crippen molar-refractivity contribution in [1.82, 2.24) is 0 Å². The zero-order chi connectivity index (χ0) is 11.1. The lowest BCUT2D eigenvalue weighted by atomic mass is 10.1. The first-order chi connectivity index (χ1) is 7.27. The molecule has 0 saturated heterocycles. The van der Waals surface area contributed by atoms with Crippen LogP contribution in [0.5, 0.6) is 0 Å². The fourth-order valence-corrected chi connectivity index (χ4v) is 1.16. The average Bonchev–Trinajstić information content (AvgIpc) is 2.29. The van der Waals surface area contributed by atoms with Crippen molar-refractivity contribution in [2.24, 2.45) is 0 Å². The molecule has 0 aromatic heterocycles. The summed E-state index contributed by atoms with van der Waals surface area (Å²) in [6.45, 7) is 1.83. The average molecular weight is 197 g/mol. The molecule has 0 amide bonds. The van der Waals surface area contributed by atoms with Gasteiger partial charge in [-0.3, -0.25) is 4.79 Å². The molecule has 0 N–H and O–H groups in total. The highest BCUT2D eigenvalue weighted by atomic mass is 16.1. The van der Waals surface area contributed by atoms with Crippen LogP contribution >= 0.6 is 0 Å². The highest BCUT2D eigenvalue weighted by Gasteiger charge is 2.01. The molecule has 0 bridgehead atoms. The van der Waals surface area contributed by atoms with E-state index in [0.29, 0.717) is 12.0 Å². The standard InChI is InChI=1S/C13H11NO/c1-2-13(15)12-8-5-7-11(10-12)6-3-4-9-14/h5,7-8,10H,2,4H2,1H3. The van der Waals surface area contributed by atoms with Crippen molar-refractivity contribution in [2.75, 3.05) is 0 Å². The van der Waals surface area contributed by atoms with Crippen LogP contribution in [0.15, 0.2) is 24.3 Å². The van der Waals surface area contributed by atoms with Crippen molar-refractivity contribution in [3.05, 3.63) is 35.4 Å². The summed E-state index contributed by atoms with van der Waals surface area (Å²) in [5.74, 6) is 5.66. The topological polar surface area (TPSA) is 40.9 Å². The van der Waals surface area contributed by atoms with Crippen molar-refractivity contribution >= 4 is 5.78 Å². The third-order valence-corrected chi connectivity index (χ3v) is 1.91. The summed E-state index contributed by atoms with van der Waals surface area (Å²) in [4.78, 5) is 11.4. The van der Waals surface area contributed by atoms with Crippen LogP contribution in [0.4, 0.5) is 0 Å². The van der Waals surface area contributed by atoms with E-state index in [2.05, 4.69) is 11.8 Å². The van der Waals surface area contributed by atoms with Crippen LogP contribution in [0.2, 0.25) is 0 Å². The Hall–Kier alpha value is -2.06. The van der Waals surface area contributed by atoms with Crippen molar-refractivity contribution in [2.45, 2.75) is 19.8 Å². The molecular weight excluding hydrogens is 186 g/mol. The summed E-state index contributed by atoms with van der Waals surface area (Å²) in [5, 5.41) is 8.32. The van der Waals surface area contributed by atoms with Gasteiger partial charge in [0.15, 0.2) is 5.78 Å². The summed E-state index contributed by atoms with van der Waals surface area (Å²) < 4.78 is 0. The number of carbonyl (C=O) groups is 1. The highest BCUT2D eigenvalue weighted by Crippen LogP contribution is 2.06. The molecule has 2 nitrogen and oxygen atoms in total. The molecule has 0 aliphatic rings. The number of rotatable bonds is 2. The largest absolute Gasteiger partial charge is 0.294 e. The van der Waals surface area contributed by atoms with Crippen molar-refractivity contribution in [1.29, 1.82) is 5.26 Å². The van der Waals surface area contributed by atoms with Gasteiger partial charge >= 0.3 is 0 Å². The molecule has 0 atom stereocenters. The fourth-order valence-electron chi connectivity index (χ4n) is 1.16. The Morgan fingerprint density at radius 1 is 1.47 bits per heavy atom. The molecular formula is C13H11NO. The Labute approximate surface area is 89.5 Å². The van der Waals surface area contributed by atoms with Crippen LogP contribution in [0.25, 0.3) is 0 Å². The van der Waals surface area contributed by atoms with Crippen LogP contribution in [-0.2, 0) is 0 Å². The van der Waals surface area contributed by atoms with E-state index in [1.165, 1.54) is 0 Å². The Kier molecular flexibility index (Phi) is 4.13. The van der Waals surface area contributed by atoms with Crippen molar-refractivity contribution in [3.8, 4) is 17.9 Å². The Balaban J connectivity index is 2.90. The minimum Gasteiger partial charge on any atom is -0.294 e. The third-order valence-electron chi connectivity index (χ3n) is 1.91. The van der Waals surface area contributed by atoms with E-state index in [1.54, 1.807) is 18.2 Å². The first-order valence-corrected chi connectivity index (χ1v) is 4.77. The maximum Gasteiger partial charge on any atom is 0.162 e. The number of Topliss-reactive ketones (excluding diaryl/α,β-unsaturated/α-hetero) is 1. The lowest BCUT2D eigenvalue weighted by Gasteiger charge is -1.97. The first-order valence-electron chi connectivity index (χ1n) is 4.77. The molecule has 0 heterocycles. The van der Waals surface area contributed by atoms with E-state index in [-0.39, 0.29) is 12.2 Å². The molecule has 0 aliphatic carbocycles. The van der Waals surface area contributed by atoms with Gasteiger partial charge in [0.25, 0.3) is 0 Å². The lowest BCUT2D eigenvalue weighted by molar-refractivity contribution is 0.0988. The molecule has 1 aromatic rings. The number of nitriles is 1. The van der Waals surface area contributed by atoms with Crippen LogP contribution in [0.1, 0.15) is 35.7 Å². The van der Waals surface area contributed by atoms with Gasteiger partial charge in [-0.05, 0) is 12.1 Å². The van der Waals surface area contributed by atoms with Gasteiger partial charge in [0, 0.05) is 17.5 Å². The summed E-state index contributed by atoms with van der Waals surface area (Å²) in [6.07, 6.45) is 0.709. The predicted molar refractivity (Wildman–Crippen MR) is 58.2 cm³/mol. The van der Waals surface area contributed by atoms with Gasteiger partial charge in [-0.1, -0.05) is 30.9 Å². The van der Waals surface area contributed by atoms with Gasteiger partial charge in [-0.25, -0.2) is 0 Å². The second kappa shape index (κ2) is 5.62. The number of carbonyl (C=O) groups excluding carboxylic acids is 1. The van der Waals surface area contributed by atoms with Gasteiger partial charge in [0.1, 0.15) is 0 Å². The second-order valence-electron chi connectivity index (χ2n) is 2.99. The summed E-state index contributed by atoms with van der Waals surface area (Å²) in [7, 11) is 0. The van der Waals surface area contributed by atoms with Crippen LogP contribution in [0, 0.1) is 23.2 Å². The van der Waals surface area contributed by atoms with Gasteiger partial charge in [0.05, 0.1) is 12.5 Å². The lowest BCUT2D eigenvalue weighted by Crippen LogP contribution is -1.96. The highest BCUT2D eigenvalue weighted by molar-refractivity contribution is 5.96. The van der Waals surface area contributed by atoms with Gasteiger partial charge < -0.3 is 0 Å². The molecule has 0 spiro atoms. The van der Waals surface area contributed by atoms with E-state index in [1.807, 2.05) is 19.1 Å². The smallest absolute Gasteiger partial charge is 0.162 e. The maximum atomic E-state index is 11.4. The number of hydrogen-bond donors (Lipinski definition) is 0. The monoisotopic (exact) mass is 197 g/mol. The predicted octanol–water partition coefficient (Wildman–Crippen LogP) is 2.54. The van der Waals surface area contributed by atoms with E-state index in [0.717, 1.165) is 5.56 Å². The molecule has 0 radical (unpaired) electrons. The molecule has 74 valence electrons. The SMILES string of the molecule is CCC(=O)c1cccc(C#CCC#N)c1. The minimum absolute atomic E-state index is 0.110. The van der Waals surface area contributed by atoms with E-state index in [4.69, 9.17) is 5.26 Å². The Morgan fingerprint density at radius 3 is 2.93 bits per heavy atom. The number of ketones is 1. The normalized spacial score (nSPS) is 8.53. The van der Waals surface area contributed by atoms with Crippen molar-refractivity contribution in [3.63, 3.8) is 0 Å². The van der Waals surface area contributed by atoms with Gasteiger partial charge in [-0.2, -0.15) is 5.26 Å². The molecule has 2 heteroatoms. The molecule has 0 aliphatic heterocycles. The number of hydrogen-bond acceptors (Lipinski definition) is 2. The Morgan fingerprint density at radius 2 is 2.27 bits per heavy atom. The van der Waals surface area contributed by atoms with Gasteiger partial charge in [0.2, 0.25) is 0 Å². The fraction of sp³-hybridized carbons (Fsp3) is 0.231. The first kappa shape index (κ1) is 11.0. The van der Waals surface area contributed by atoms with E-state index >= 15 is 0 Å². The Bertz CT molecular complexity index is 457. The molecule has 1 rings (SSSR count). The van der Waals surface area contributed by atoms with Crippen LogP contribution in [0.3, 0.4) is 0 Å². The summed E-state index contributed by atoms with van der Waals surface area (Å²) in [5.41, 5.74) is 1.46. The summed E-state index contributed by atoms with van der Waals surface area (Å²) >= 11 is 0. The zero-order valence-corrected chi connectivity index (χ0v) is 8.58. The summed E-state index contributed by atoms with van der Waals surface area (Å²) in [6, 6.07) is 9.12. The molecule has 0 unspecified atom stereocenters. The third kappa shape index (κ3) is 3.29. The van der Waals surface area contributed by atoms with Crippen molar-refractivity contribution < 1.29 is 4.79 Å². The van der Waals surface area contributed by atoms with Crippen LogP contribution in [-0.4, -0.2) is 5.78 Å². The second-order valence-corrected chi connectivity index (χ2v) is 2.99. The molecule has 0 fully saturated rings. The maximum absolute atomic E-state index is 11.4.